The lowest BCUT2D eigenvalue weighted by Crippen LogP contribution is -2.00. The van der Waals surface area contributed by atoms with Crippen molar-refractivity contribution in [3.63, 3.8) is 0 Å². The molecule has 0 aliphatic heterocycles. The maximum atomic E-state index is 9.25. The van der Waals surface area contributed by atoms with Gasteiger partial charge in [0, 0.05) is 11.6 Å². The number of hydrogen-bond donors (Lipinski definition) is 0. The van der Waals surface area contributed by atoms with Gasteiger partial charge in [0.1, 0.15) is 23.9 Å². The lowest BCUT2D eigenvalue weighted by Gasteiger charge is -2.09. The molecule has 0 saturated heterocycles. The van der Waals surface area contributed by atoms with Gasteiger partial charge in [-0.1, -0.05) is 0 Å². The van der Waals surface area contributed by atoms with Crippen LogP contribution in [0.5, 0.6) is 11.5 Å². The van der Waals surface area contributed by atoms with Gasteiger partial charge in [-0.05, 0) is 49.2 Å². The van der Waals surface area contributed by atoms with Gasteiger partial charge in [0.05, 0.1) is 31.3 Å². The number of aryl methyl sites for hydroxylation is 2. The number of benzene rings is 2. The molecule has 3 aromatic rings. The SMILES string of the molecule is COc1cc(OC)cc(-c2nc3cc(C)c(C)cc3n2CC#N)c1. The average molecular weight is 321 g/mol. The quantitative estimate of drug-likeness (QED) is 0.732. The van der Waals surface area contributed by atoms with Gasteiger partial charge >= 0.3 is 0 Å². The van der Waals surface area contributed by atoms with Crippen molar-refractivity contribution in [2.75, 3.05) is 14.2 Å². The Bertz CT molecular complexity index is 929. The number of rotatable bonds is 4. The topological polar surface area (TPSA) is 60.1 Å². The van der Waals surface area contributed by atoms with Gasteiger partial charge in [-0.3, -0.25) is 0 Å². The Labute approximate surface area is 141 Å². The van der Waals surface area contributed by atoms with Crippen molar-refractivity contribution in [1.29, 1.82) is 5.26 Å². The molecule has 122 valence electrons. The van der Waals surface area contributed by atoms with Gasteiger partial charge in [0.25, 0.3) is 0 Å². The molecule has 0 radical (unpaired) electrons. The second kappa shape index (κ2) is 6.25. The highest BCUT2D eigenvalue weighted by Gasteiger charge is 2.15. The van der Waals surface area contributed by atoms with Gasteiger partial charge in [-0.2, -0.15) is 5.26 Å². The van der Waals surface area contributed by atoms with E-state index in [1.807, 2.05) is 22.8 Å². The van der Waals surface area contributed by atoms with E-state index >= 15 is 0 Å². The number of nitriles is 1. The van der Waals surface area contributed by atoms with Crippen molar-refractivity contribution in [3.8, 4) is 29.0 Å². The molecule has 0 spiro atoms. The summed E-state index contributed by atoms with van der Waals surface area (Å²) in [5.41, 5.74) is 5.05. The number of hydrogen-bond acceptors (Lipinski definition) is 4. The first-order valence-electron chi connectivity index (χ1n) is 7.65. The number of ether oxygens (including phenoxy) is 2. The molecule has 0 fully saturated rings. The van der Waals surface area contributed by atoms with E-state index in [1.54, 1.807) is 14.2 Å². The minimum absolute atomic E-state index is 0.230. The van der Waals surface area contributed by atoms with Crippen LogP contribution in [0.2, 0.25) is 0 Å². The predicted molar refractivity (Wildman–Crippen MR) is 93.4 cm³/mol. The first-order chi connectivity index (χ1) is 11.6. The Morgan fingerprint density at radius 2 is 1.62 bits per heavy atom. The molecule has 0 aliphatic carbocycles. The average Bonchev–Trinajstić information content (AvgIpc) is 2.93. The van der Waals surface area contributed by atoms with E-state index in [4.69, 9.17) is 14.5 Å². The molecule has 0 aliphatic rings. The molecular formula is C19H19N3O2. The molecule has 5 nitrogen and oxygen atoms in total. The summed E-state index contributed by atoms with van der Waals surface area (Å²) in [6.45, 7) is 4.35. The number of nitrogens with zero attached hydrogens (tertiary/aromatic N) is 3. The maximum Gasteiger partial charge on any atom is 0.142 e. The van der Waals surface area contributed by atoms with Crippen molar-refractivity contribution >= 4 is 11.0 Å². The summed E-state index contributed by atoms with van der Waals surface area (Å²) >= 11 is 0. The third kappa shape index (κ3) is 2.67. The molecule has 0 bridgehead atoms. The minimum Gasteiger partial charge on any atom is -0.497 e. The monoisotopic (exact) mass is 321 g/mol. The molecule has 5 heteroatoms. The zero-order valence-electron chi connectivity index (χ0n) is 14.3. The zero-order chi connectivity index (χ0) is 17.3. The summed E-state index contributed by atoms with van der Waals surface area (Å²) in [6.07, 6.45) is 0. The first kappa shape index (κ1) is 15.9. The van der Waals surface area contributed by atoms with Crippen molar-refractivity contribution < 1.29 is 9.47 Å². The highest BCUT2D eigenvalue weighted by Crippen LogP contribution is 2.32. The molecule has 0 atom stereocenters. The number of aromatic nitrogens is 2. The third-order valence-corrected chi connectivity index (χ3v) is 4.20. The number of methoxy groups -OCH3 is 2. The first-order valence-corrected chi connectivity index (χ1v) is 7.65. The Kier molecular flexibility index (Phi) is 4.13. The molecule has 2 aromatic carbocycles. The summed E-state index contributed by atoms with van der Waals surface area (Å²) < 4.78 is 12.6. The van der Waals surface area contributed by atoms with Gasteiger partial charge in [-0.15, -0.1) is 0 Å². The summed E-state index contributed by atoms with van der Waals surface area (Å²) in [7, 11) is 3.23. The predicted octanol–water partition coefficient (Wildman–Crippen LogP) is 3.86. The molecular weight excluding hydrogens is 302 g/mol. The molecule has 1 aromatic heterocycles. The van der Waals surface area contributed by atoms with E-state index in [0.29, 0.717) is 11.5 Å². The van der Waals surface area contributed by atoms with E-state index in [2.05, 4.69) is 32.0 Å². The van der Waals surface area contributed by atoms with Gasteiger partial charge in [-0.25, -0.2) is 4.98 Å². The van der Waals surface area contributed by atoms with Crippen LogP contribution < -0.4 is 9.47 Å². The Morgan fingerprint density at radius 1 is 1.00 bits per heavy atom. The Hall–Kier alpha value is -3.00. The van der Waals surface area contributed by atoms with Gasteiger partial charge < -0.3 is 14.0 Å². The fourth-order valence-corrected chi connectivity index (χ4v) is 2.77. The molecule has 3 rings (SSSR count). The van der Waals surface area contributed by atoms with Crippen molar-refractivity contribution in [2.45, 2.75) is 20.4 Å². The van der Waals surface area contributed by atoms with Gasteiger partial charge in [0.15, 0.2) is 0 Å². The molecule has 0 N–H and O–H groups in total. The molecule has 0 saturated carbocycles. The molecule has 1 heterocycles. The molecule has 24 heavy (non-hydrogen) atoms. The van der Waals surface area contributed by atoms with Crippen LogP contribution >= 0.6 is 0 Å². The van der Waals surface area contributed by atoms with Crippen molar-refractivity contribution in [1.82, 2.24) is 9.55 Å². The third-order valence-electron chi connectivity index (χ3n) is 4.20. The van der Waals surface area contributed by atoms with Crippen LogP contribution in [0.1, 0.15) is 11.1 Å². The zero-order valence-corrected chi connectivity index (χ0v) is 14.3. The smallest absolute Gasteiger partial charge is 0.142 e. The number of imidazole rings is 1. The highest BCUT2D eigenvalue weighted by atomic mass is 16.5. The minimum atomic E-state index is 0.230. The normalized spacial score (nSPS) is 10.6. The van der Waals surface area contributed by atoms with Crippen molar-refractivity contribution in [3.05, 3.63) is 41.5 Å². The van der Waals surface area contributed by atoms with E-state index in [9.17, 15) is 5.26 Å². The highest BCUT2D eigenvalue weighted by molar-refractivity contribution is 5.82. The Balaban J connectivity index is 2.29. The van der Waals surface area contributed by atoms with Crippen LogP contribution in [-0.4, -0.2) is 23.8 Å². The van der Waals surface area contributed by atoms with Crippen LogP contribution in [0.15, 0.2) is 30.3 Å². The summed E-state index contributed by atoms with van der Waals surface area (Å²) in [5.74, 6) is 2.10. The molecule has 0 unspecified atom stereocenters. The van der Waals surface area contributed by atoms with Crippen molar-refractivity contribution in [2.24, 2.45) is 0 Å². The summed E-state index contributed by atoms with van der Waals surface area (Å²) in [5, 5.41) is 9.25. The lowest BCUT2D eigenvalue weighted by atomic mass is 10.1. The summed E-state index contributed by atoms with van der Waals surface area (Å²) in [4.78, 5) is 4.76. The van der Waals surface area contributed by atoms with Crippen LogP contribution in [0.3, 0.4) is 0 Å². The van der Waals surface area contributed by atoms with E-state index in [1.165, 1.54) is 11.1 Å². The van der Waals surface area contributed by atoms with Crippen LogP contribution in [0.4, 0.5) is 0 Å². The van der Waals surface area contributed by atoms with E-state index < -0.39 is 0 Å². The van der Waals surface area contributed by atoms with Crippen LogP contribution in [0.25, 0.3) is 22.4 Å². The van der Waals surface area contributed by atoms with Crippen LogP contribution in [0, 0.1) is 25.2 Å². The largest absolute Gasteiger partial charge is 0.497 e. The number of fused-ring (bicyclic) bond motifs is 1. The van der Waals surface area contributed by atoms with E-state index in [-0.39, 0.29) is 6.54 Å². The standard InChI is InChI=1S/C19H19N3O2/c1-12-7-17-18(8-13(12)2)22(6-5-20)19(21-17)14-9-15(23-3)11-16(10-14)24-4/h7-11H,6H2,1-4H3. The van der Waals surface area contributed by atoms with Crippen LogP contribution in [-0.2, 0) is 6.54 Å². The fraction of sp³-hybridized carbons (Fsp3) is 0.263. The van der Waals surface area contributed by atoms with E-state index in [0.717, 1.165) is 22.4 Å². The summed E-state index contributed by atoms with van der Waals surface area (Å²) in [6, 6.07) is 12.0. The molecule has 0 amide bonds. The lowest BCUT2D eigenvalue weighted by molar-refractivity contribution is 0.394. The van der Waals surface area contributed by atoms with Gasteiger partial charge in [0.2, 0.25) is 0 Å². The maximum absolute atomic E-state index is 9.25. The second-order valence-corrected chi connectivity index (χ2v) is 5.71. The fourth-order valence-electron chi connectivity index (χ4n) is 2.77. The Morgan fingerprint density at radius 3 is 2.21 bits per heavy atom. The second-order valence-electron chi connectivity index (χ2n) is 5.71.